The van der Waals surface area contributed by atoms with Crippen molar-refractivity contribution in [2.24, 2.45) is 4.99 Å². The molecule has 4 rings (SSSR count). The van der Waals surface area contributed by atoms with E-state index in [4.69, 9.17) is 16.7 Å². The molecule has 1 aromatic heterocycles. The van der Waals surface area contributed by atoms with Crippen LogP contribution in [-0.2, 0) is 0 Å². The van der Waals surface area contributed by atoms with Gasteiger partial charge in [0.25, 0.3) is 5.69 Å². The smallest absolute Gasteiger partial charge is 0.283 e. The maximum absolute atomic E-state index is 13.2. The Labute approximate surface area is 196 Å². The molecular weight excluding hydrogens is 461 g/mol. The molecule has 0 spiro atoms. The number of aromatic nitrogens is 1. The Morgan fingerprint density at radius 3 is 2.59 bits per heavy atom. The minimum Gasteiger partial charge on any atom is -0.397 e. The third-order valence-corrected chi connectivity index (χ3v) is 5.97. The van der Waals surface area contributed by atoms with Crippen LogP contribution in [0.25, 0.3) is 0 Å². The molecule has 1 unspecified atom stereocenters. The molecule has 6 N–H and O–H groups in total. The molecule has 34 heavy (non-hydrogen) atoms. The molecule has 0 aliphatic carbocycles. The summed E-state index contributed by atoms with van der Waals surface area (Å²) in [6.45, 7) is 0. The average molecular weight is 475 g/mol. The molecule has 0 amide bonds. The number of guanidine groups is 1. The Morgan fingerprint density at radius 2 is 1.94 bits per heavy atom. The zero-order valence-corrected chi connectivity index (χ0v) is 17.9. The fourth-order valence-corrected chi connectivity index (χ4v) is 4.29. The first-order chi connectivity index (χ1) is 16.3. The zero-order chi connectivity index (χ0) is 24.4. The number of fused-ring (bicyclic) bond motifs is 1. The highest BCUT2D eigenvalue weighted by Gasteiger charge is 2.31. The van der Waals surface area contributed by atoms with Gasteiger partial charge in [0.1, 0.15) is 35.1 Å². The van der Waals surface area contributed by atoms with Crippen LogP contribution in [0.2, 0.25) is 0 Å². The van der Waals surface area contributed by atoms with Crippen molar-refractivity contribution >= 4 is 40.7 Å². The Kier molecular flexibility index (Phi) is 5.86. The summed E-state index contributed by atoms with van der Waals surface area (Å²) in [5.74, 6) is -0.329. The zero-order valence-electron chi connectivity index (χ0n) is 17.1. The van der Waals surface area contributed by atoms with Crippen LogP contribution in [0.5, 0.6) is 0 Å². The van der Waals surface area contributed by atoms with Gasteiger partial charge in [-0.15, -0.1) is 0 Å². The molecule has 11 nitrogen and oxygen atoms in total. The van der Waals surface area contributed by atoms with Crippen molar-refractivity contribution in [3.8, 4) is 12.3 Å². The molecule has 1 atom stereocenters. The second-order valence-corrected chi connectivity index (χ2v) is 8.06. The number of nitrogens with zero attached hydrogens (tertiary/aromatic N) is 5. The van der Waals surface area contributed by atoms with Crippen LogP contribution in [0.1, 0.15) is 22.7 Å². The highest BCUT2D eigenvalue weighted by atomic mass is 32.2. The fourth-order valence-electron chi connectivity index (χ4n) is 3.39. The standard InChI is InChI=1S/C21H14FN9O2S/c22-11-2-4-12(5-3-11)34-15-6-1-10(7-14(15)31(32)33)18-16-17(25)13(8-23)19(26)29-20(16)30-21(28-18)27-9-24/h1-7,18H,(H6,25,26,27,28,29,30). The van der Waals surface area contributed by atoms with Crippen LogP contribution in [0.3, 0.4) is 0 Å². The predicted molar refractivity (Wildman–Crippen MR) is 123 cm³/mol. The minimum absolute atomic E-state index is 0.0228. The predicted octanol–water partition coefficient (Wildman–Crippen LogP) is 3.26. The lowest BCUT2D eigenvalue weighted by atomic mass is 9.95. The van der Waals surface area contributed by atoms with Crippen molar-refractivity contribution in [2.45, 2.75) is 15.8 Å². The molecule has 2 aromatic carbocycles. The number of benzene rings is 2. The lowest BCUT2D eigenvalue weighted by molar-refractivity contribution is -0.387. The van der Waals surface area contributed by atoms with E-state index in [0.29, 0.717) is 20.9 Å². The summed E-state index contributed by atoms with van der Waals surface area (Å²) in [4.78, 5) is 20.8. The number of nitro benzene ring substituents is 1. The Balaban J connectivity index is 1.84. The van der Waals surface area contributed by atoms with E-state index >= 15 is 0 Å². The topological polar surface area (TPSA) is 192 Å². The lowest BCUT2D eigenvalue weighted by Crippen LogP contribution is -2.32. The molecule has 168 valence electrons. The monoisotopic (exact) mass is 475 g/mol. The van der Waals surface area contributed by atoms with Gasteiger partial charge in [0.05, 0.1) is 15.5 Å². The number of hydrogen-bond acceptors (Lipinski definition) is 11. The van der Waals surface area contributed by atoms with Gasteiger partial charge in [-0.25, -0.2) is 14.4 Å². The first-order valence-electron chi connectivity index (χ1n) is 9.53. The van der Waals surface area contributed by atoms with Crippen LogP contribution >= 0.6 is 11.8 Å². The van der Waals surface area contributed by atoms with Crippen molar-refractivity contribution in [1.82, 2.24) is 10.3 Å². The van der Waals surface area contributed by atoms with Crippen LogP contribution in [0, 0.1) is 38.7 Å². The summed E-state index contributed by atoms with van der Waals surface area (Å²) in [5.41, 5.74) is 12.5. The molecule has 13 heteroatoms. The van der Waals surface area contributed by atoms with Crippen molar-refractivity contribution in [2.75, 3.05) is 16.8 Å². The highest BCUT2D eigenvalue weighted by molar-refractivity contribution is 7.99. The van der Waals surface area contributed by atoms with Gasteiger partial charge in [0.15, 0.2) is 6.19 Å². The summed E-state index contributed by atoms with van der Waals surface area (Å²) < 4.78 is 13.2. The van der Waals surface area contributed by atoms with Crippen molar-refractivity contribution < 1.29 is 9.31 Å². The number of anilines is 3. The molecule has 0 saturated carbocycles. The lowest BCUT2D eigenvalue weighted by Gasteiger charge is -2.26. The Bertz CT molecular complexity index is 1430. The number of hydrogen-bond donors (Lipinski definition) is 4. The number of nitriles is 2. The van der Waals surface area contributed by atoms with E-state index in [1.54, 1.807) is 18.3 Å². The quantitative estimate of drug-likeness (QED) is 0.188. The van der Waals surface area contributed by atoms with E-state index in [1.807, 2.05) is 6.07 Å². The molecule has 1 aliphatic rings. The third kappa shape index (κ3) is 4.11. The summed E-state index contributed by atoms with van der Waals surface area (Å²) in [5, 5.41) is 35.5. The van der Waals surface area contributed by atoms with E-state index in [1.165, 1.54) is 30.3 Å². The maximum atomic E-state index is 13.2. The fraction of sp³-hybridized carbons (Fsp3) is 0.0476. The molecule has 0 radical (unpaired) electrons. The summed E-state index contributed by atoms with van der Waals surface area (Å²) >= 11 is 1.10. The van der Waals surface area contributed by atoms with Crippen molar-refractivity contribution in [3.05, 3.63) is 75.1 Å². The van der Waals surface area contributed by atoms with E-state index in [2.05, 4.69) is 20.6 Å². The van der Waals surface area contributed by atoms with Gasteiger partial charge in [0, 0.05) is 16.5 Å². The van der Waals surface area contributed by atoms with Gasteiger partial charge < -0.3 is 16.8 Å². The van der Waals surface area contributed by atoms with Gasteiger partial charge in [-0.3, -0.25) is 15.4 Å². The maximum Gasteiger partial charge on any atom is 0.283 e. The number of nitrogens with one attached hydrogen (secondary N) is 2. The van der Waals surface area contributed by atoms with Crippen LogP contribution in [0.4, 0.5) is 27.4 Å². The second kappa shape index (κ2) is 8.93. The highest BCUT2D eigenvalue weighted by Crippen LogP contribution is 2.43. The first kappa shape index (κ1) is 22.3. The third-order valence-electron chi connectivity index (χ3n) is 4.89. The SMILES string of the molecule is N#CNC1=NC(c2ccc(Sc3ccc(F)cc3)c([N+](=O)[O-])c2)c2c(nc(N)c(C#N)c2N)N1. The summed E-state index contributed by atoms with van der Waals surface area (Å²) in [7, 11) is 0. The number of nitrogens with two attached hydrogens (primary N) is 2. The van der Waals surface area contributed by atoms with Crippen LogP contribution in [-0.4, -0.2) is 15.9 Å². The van der Waals surface area contributed by atoms with Gasteiger partial charge in [-0.05, 0) is 35.9 Å². The largest absolute Gasteiger partial charge is 0.397 e. The van der Waals surface area contributed by atoms with E-state index in [9.17, 15) is 19.8 Å². The molecule has 3 aromatic rings. The number of nitrogen functional groups attached to an aromatic ring is 2. The normalized spacial score (nSPS) is 14.1. The molecule has 0 fully saturated rings. The number of rotatable bonds is 4. The number of aliphatic imine (C=N–C) groups is 1. The summed E-state index contributed by atoms with van der Waals surface area (Å²) in [6.07, 6.45) is 1.74. The number of halogens is 1. The van der Waals surface area contributed by atoms with Crippen LogP contribution in [0.15, 0.2) is 57.2 Å². The molecule has 1 aliphatic heterocycles. The minimum atomic E-state index is -0.920. The number of pyridine rings is 1. The van der Waals surface area contributed by atoms with Crippen molar-refractivity contribution in [3.63, 3.8) is 0 Å². The Hall–Kier alpha value is -4.88. The van der Waals surface area contributed by atoms with Gasteiger partial charge in [-0.2, -0.15) is 10.5 Å². The van der Waals surface area contributed by atoms with Gasteiger partial charge in [-0.1, -0.05) is 17.8 Å². The van der Waals surface area contributed by atoms with E-state index < -0.39 is 16.8 Å². The average Bonchev–Trinajstić information content (AvgIpc) is 2.80. The number of nitro groups is 1. The van der Waals surface area contributed by atoms with Gasteiger partial charge in [0.2, 0.25) is 5.96 Å². The van der Waals surface area contributed by atoms with Crippen molar-refractivity contribution in [1.29, 1.82) is 10.5 Å². The molecular formula is C21H14FN9O2S. The van der Waals surface area contributed by atoms with Gasteiger partial charge >= 0.3 is 0 Å². The molecule has 0 saturated heterocycles. The molecule has 2 heterocycles. The van der Waals surface area contributed by atoms with E-state index in [0.717, 1.165) is 11.8 Å². The van der Waals surface area contributed by atoms with E-state index in [-0.39, 0.29) is 34.5 Å². The van der Waals surface area contributed by atoms with Crippen LogP contribution < -0.4 is 22.1 Å². The Morgan fingerprint density at radius 1 is 1.21 bits per heavy atom. The first-order valence-corrected chi connectivity index (χ1v) is 10.3. The second-order valence-electron chi connectivity index (χ2n) is 6.94. The molecule has 0 bridgehead atoms. The summed E-state index contributed by atoms with van der Waals surface area (Å²) in [6, 6.07) is 11.0.